The Balaban J connectivity index is 0.000000256. The van der Waals surface area contributed by atoms with Crippen molar-refractivity contribution >= 4 is 22.7 Å². The molecule has 0 spiro atoms. The number of anilines is 4. The maximum Gasteiger partial charge on any atom is 0.121 e. The molecule has 4 aromatic rings. The van der Waals surface area contributed by atoms with E-state index in [-0.39, 0.29) is 0 Å². The fourth-order valence-electron chi connectivity index (χ4n) is 4.74. The van der Waals surface area contributed by atoms with Crippen molar-refractivity contribution in [2.75, 3.05) is 49.4 Å². The van der Waals surface area contributed by atoms with Gasteiger partial charge in [0, 0.05) is 34.9 Å². The fraction of sp³-hybridized carbons (Fsp3) is 0.385. The van der Waals surface area contributed by atoms with E-state index in [1.165, 1.54) is 44.9 Å². The van der Waals surface area contributed by atoms with Gasteiger partial charge in [0.15, 0.2) is 0 Å². The van der Waals surface area contributed by atoms with Crippen molar-refractivity contribution < 1.29 is 18.9 Å². The van der Waals surface area contributed by atoms with Gasteiger partial charge in [-0.25, -0.2) is 0 Å². The van der Waals surface area contributed by atoms with Crippen LogP contribution in [0.15, 0.2) is 97.1 Å². The van der Waals surface area contributed by atoms with E-state index < -0.39 is 0 Å². The lowest BCUT2D eigenvalue weighted by molar-refractivity contribution is 0.293. The molecule has 0 unspecified atom stereocenters. The average molecular weight is 643 g/mol. The van der Waals surface area contributed by atoms with Crippen LogP contribution in [0.3, 0.4) is 0 Å². The Hall–Kier alpha value is -4.72. The normalized spacial score (nSPS) is 10.5. The van der Waals surface area contributed by atoms with E-state index in [0.29, 0.717) is 0 Å². The molecule has 0 aliphatic carbocycles. The van der Waals surface area contributed by atoms with Gasteiger partial charge in [0.1, 0.15) is 23.0 Å². The van der Waals surface area contributed by atoms with Crippen molar-refractivity contribution in [3.8, 4) is 23.0 Å². The summed E-state index contributed by atoms with van der Waals surface area (Å²) in [4.78, 5) is 0. The first-order valence-corrected chi connectivity index (χ1v) is 16.9. The lowest BCUT2D eigenvalue weighted by Crippen LogP contribution is -1.99. The highest BCUT2D eigenvalue weighted by Crippen LogP contribution is 2.18. The zero-order valence-electron chi connectivity index (χ0n) is 27.8. The van der Waals surface area contributed by atoms with Gasteiger partial charge in [0.05, 0.1) is 26.4 Å². The number of unbranched alkanes of at least 4 members (excludes halogenated alkanes) is 9. The van der Waals surface area contributed by atoms with E-state index in [1.807, 2.05) is 97.1 Å². The van der Waals surface area contributed by atoms with Crippen LogP contribution in [0, 0.1) is 0 Å². The first kappa shape index (κ1) is 36.7. The summed E-state index contributed by atoms with van der Waals surface area (Å²) in [5.41, 5.74) is 25.7. The fourth-order valence-corrected chi connectivity index (χ4v) is 4.74. The van der Waals surface area contributed by atoms with Gasteiger partial charge >= 0.3 is 0 Å². The maximum atomic E-state index is 5.71. The third-order valence-electron chi connectivity index (χ3n) is 7.38. The first-order chi connectivity index (χ1) is 23.0. The van der Waals surface area contributed by atoms with Crippen molar-refractivity contribution in [1.82, 2.24) is 0 Å². The molecule has 0 saturated carbocycles. The molecule has 0 aliphatic heterocycles. The van der Waals surface area contributed by atoms with Gasteiger partial charge in [0.25, 0.3) is 0 Å². The van der Waals surface area contributed by atoms with Gasteiger partial charge in [-0.05, 0) is 98.5 Å². The largest absolute Gasteiger partial charge is 0.494 e. The molecule has 254 valence electrons. The van der Waals surface area contributed by atoms with Crippen molar-refractivity contribution in [2.45, 2.75) is 70.6 Å². The molecule has 4 aromatic carbocycles. The summed E-state index contributed by atoms with van der Waals surface area (Å²) in [5.74, 6) is 3.48. The molecule has 0 fully saturated rings. The zero-order valence-corrected chi connectivity index (χ0v) is 27.8. The second-order valence-corrected chi connectivity index (χ2v) is 11.6. The second-order valence-electron chi connectivity index (χ2n) is 11.6. The summed E-state index contributed by atoms with van der Waals surface area (Å²) in [7, 11) is 0. The summed E-state index contributed by atoms with van der Waals surface area (Å²) in [6, 6.07) is 30.2. The third kappa shape index (κ3) is 17.5. The smallest absolute Gasteiger partial charge is 0.121 e. The van der Waals surface area contributed by atoms with Gasteiger partial charge < -0.3 is 41.9 Å². The van der Waals surface area contributed by atoms with Crippen molar-refractivity contribution in [1.29, 1.82) is 0 Å². The summed E-state index contributed by atoms with van der Waals surface area (Å²) in [5, 5.41) is 0. The molecular weight excluding hydrogens is 588 g/mol. The van der Waals surface area contributed by atoms with Crippen molar-refractivity contribution in [3.05, 3.63) is 97.1 Å². The minimum absolute atomic E-state index is 0.739. The number of ether oxygens (including phenoxy) is 4. The van der Waals surface area contributed by atoms with E-state index in [0.717, 1.165) is 97.9 Å². The quantitative estimate of drug-likeness (QED) is 0.0521. The molecule has 0 heterocycles. The van der Waals surface area contributed by atoms with E-state index >= 15 is 0 Å². The Morgan fingerprint density at radius 3 is 0.915 bits per heavy atom. The number of nitrogens with two attached hydrogens (primary N) is 4. The Labute approximate surface area is 281 Å². The minimum Gasteiger partial charge on any atom is -0.494 e. The van der Waals surface area contributed by atoms with Crippen LogP contribution < -0.4 is 41.9 Å². The Bertz CT molecular complexity index is 1260. The molecule has 0 aromatic heterocycles. The monoisotopic (exact) mass is 642 g/mol. The first-order valence-electron chi connectivity index (χ1n) is 16.9. The van der Waals surface area contributed by atoms with Crippen LogP contribution in [0.4, 0.5) is 22.7 Å². The molecule has 4 rings (SSSR count). The highest BCUT2D eigenvalue weighted by molar-refractivity contribution is 5.44. The molecule has 8 heteroatoms. The van der Waals surface area contributed by atoms with Crippen molar-refractivity contribution in [2.24, 2.45) is 0 Å². The van der Waals surface area contributed by atoms with Crippen LogP contribution in [0.1, 0.15) is 70.6 Å². The summed E-state index contributed by atoms with van der Waals surface area (Å²) >= 11 is 0. The van der Waals surface area contributed by atoms with E-state index in [1.54, 1.807) is 0 Å². The second kappa shape index (κ2) is 22.7. The third-order valence-corrected chi connectivity index (χ3v) is 7.38. The number of nitrogen functional groups attached to an aromatic ring is 4. The summed E-state index contributed by atoms with van der Waals surface area (Å²) in [6.07, 6.45) is 12.7. The van der Waals surface area contributed by atoms with Crippen LogP contribution in [-0.4, -0.2) is 26.4 Å². The number of rotatable bonds is 21. The molecule has 8 nitrogen and oxygen atoms in total. The summed E-state index contributed by atoms with van der Waals surface area (Å²) in [6.45, 7) is 3.01. The number of hydrogen-bond acceptors (Lipinski definition) is 8. The lowest BCUT2D eigenvalue weighted by Gasteiger charge is -2.08. The van der Waals surface area contributed by atoms with E-state index in [4.69, 9.17) is 41.9 Å². The molecule has 0 amide bonds. The van der Waals surface area contributed by atoms with Crippen LogP contribution in [0.2, 0.25) is 0 Å². The molecule has 0 saturated heterocycles. The maximum absolute atomic E-state index is 5.71. The molecule has 0 bridgehead atoms. The SMILES string of the molecule is Nc1ccc(OCCCCCCCCOc2ccc(N)cc2)cc1.Nc1cccc(OCCCCCCCOc2cccc(N)c2)c1. The standard InChI is InChI=1S/C20H28N2O2.C19H26N2O2/c21-17-7-11-19(12-8-17)23-15-5-3-1-2-4-6-16-24-20-13-9-18(22)10-14-20;20-16-8-6-10-18(14-16)22-12-4-2-1-3-5-13-23-19-11-7-9-17(21)15-19/h7-14H,1-6,15-16,21-22H2;6-11,14-15H,1-5,12-13,20-21H2. The van der Waals surface area contributed by atoms with Gasteiger partial charge in [0.2, 0.25) is 0 Å². The Morgan fingerprint density at radius 1 is 0.298 bits per heavy atom. The van der Waals surface area contributed by atoms with Gasteiger partial charge in [-0.1, -0.05) is 57.1 Å². The zero-order chi connectivity index (χ0) is 33.4. The van der Waals surface area contributed by atoms with E-state index in [9.17, 15) is 0 Å². The highest BCUT2D eigenvalue weighted by atomic mass is 16.5. The topological polar surface area (TPSA) is 141 Å². The highest BCUT2D eigenvalue weighted by Gasteiger charge is 1.99. The molecule has 47 heavy (non-hydrogen) atoms. The van der Waals surface area contributed by atoms with E-state index in [2.05, 4.69) is 0 Å². The Kier molecular flexibility index (Phi) is 17.8. The van der Waals surface area contributed by atoms with Crippen LogP contribution >= 0.6 is 0 Å². The van der Waals surface area contributed by atoms with Crippen LogP contribution in [-0.2, 0) is 0 Å². The molecule has 0 aliphatic rings. The molecular formula is C39H54N4O4. The predicted molar refractivity (Wildman–Crippen MR) is 196 cm³/mol. The lowest BCUT2D eigenvalue weighted by atomic mass is 10.1. The molecule has 0 radical (unpaired) electrons. The number of hydrogen-bond donors (Lipinski definition) is 4. The molecule has 8 N–H and O–H groups in total. The predicted octanol–water partition coefficient (Wildman–Crippen LogP) is 8.91. The summed E-state index contributed by atoms with van der Waals surface area (Å²) < 4.78 is 22.7. The van der Waals surface area contributed by atoms with Crippen LogP contribution in [0.5, 0.6) is 23.0 Å². The Morgan fingerprint density at radius 2 is 0.596 bits per heavy atom. The van der Waals surface area contributed by atoms with Crippen LogP contribution in [0.25, 0.3) is 0 Å². The van der Waals surface area contributed by atoms with Gasteiger partial charge in [-0.15, -0.1) is 0 Å². The minimum atomic E-state index is 0.739. The van der Waals surface area contributed by atoms with Gasteiger partial charge in [-0.2, -0.15) is 0 Å². The van der Waals surface area contributed by atoms with Gasteiger partial charge in [-0.3, -0.25) is 0 Å². The van der Waals surface area contributed by atoms with Crippen molar-refractivity contribution in [3.63, 3.8) is 0 Å². The molecule has 0 atom stereocenters. The average Bonchev–Trinajstić information content (AvgIpc) is 3.07. The number of benzene rings is 4.